The molecule has 0 amide bonds. The van der Waals surface area contributed by atoms with Gasteiger partial charge in [0.15, 0.2) is 8.68 Å². The molecule has 1 saturated carbocycles. The minimum Gasteiger partial charge on any atom is -0.229 e. The monoisotopic (exact) mass is 362 g/mol. The van der Waals surface area contributed by atoms with Crippen molar-refractivity contribution in [2.24, 2.45) is 5.92 Å². The van der Waals surface area contributed by atoms with Crippen LogP contribution in [0.3, 0.4) is 0 Å². The normalized spacial score (nSPS) is 24.2. The molecular formula is C11H14ClF3N2O2S2. The molecule has 1 aromatic rings. The van der Waals surface area contributed by atoms with Crippen LogP contribution in [0.4, 0.5) is 13.2 Å². The highest BCUT2D eigenvalue weighted by molar-refractivity contribution is 7.91. The minimum atomic E-state index is -4.20. The number of thiazole rings is 1. The fourth-order valence-corrected chi connectivity index (χ4v) is 5.47. The Labute approximate surface area is 129 Å². The van der Waals surface area contributed by atoms with Gasteiger partial charge in [0.2, 0.25) is 0 Å². The third kappa shape index (κ3) is 4.08. The van der Waals surface area contributed by atoms with Gasteiger partial charge in [0.1, 0.15) is 0 Å². The van der Waals surface area contributed by atoms with Crippen LogP contribution in [0.25, 0.3) is 0 Å². The van der Waals surface area contributed by atoms with Gasteiger partial charge in [-0.25, -0.2) is 18.1 Å². The summed E-state index contributed by atoms with van der Waals surface area (Å²) in [6, 6.07) is -0.478. The van der Waals surface area contributed by atoms with Gasteiger partial charge in [-0.1, -0.05) is 22.9 Å². The molecule has 1 aromatic heterocycles. The van der Waals surface area contributed by atoms with E-state index in [-0.39, 0.29) is 34.4 Å². The van der Waals surface area contributed by atoms with E-state index in [1.54, 1.807) is 0 Å². The van der Waals surface area contributed by atoms with Gasteiger partial charge in [-0.05, 0) is 32.6 Å². The molecule has 0 unspecified atom stereocenters. The number of hydrogen-bond donors (Lipinski definition) is 1. The Morgan fingerprint density at radius 2 is 1.86 bits per heavy atom. The van der Waals surface area contributed by atoms with Crippen molar-refractivity contribution in [1.82, 2.24) is 9.71 Å². The van der Waals surface area contributed by atoms with Gasteiger partial charge < -0.3 is 0 Å². The molecule has 0 aromatic carbocycles. The van der Waals surface area contributed by atoms with E-state index in [9.17, 15) is 21.6 Å². The van der Waals surface area contributed by atoms with Crippen molar-refractivity contribution in [1.29, 1.82) is 0 Å². The third-order valence-corrected chi connectivity index (χ3v) is 6.88. The van der Waals surface area contributed by atoms with Crippen LogP contribution in [0.1, 0.15) is 31.4 Å². The van der Waals surface area contributed by atoms with Crippen LogP contribution in [0.15, 0.2) is 4.21 Å². The molecule has 0 atom stereocenters. The molecule has 120 valence electrons. The number of nitrogens with one attached hydrogen (secondary N) is 1. The summed E-state index contributed by atoms with van der Waals surface area (Å²) < 4.78 is 64.7. The summed E-state index contributed by atoms with van der Waals surface area (Å²) >= 11 is 6.51. The lowest BCUT2D eigenvalue weighted by Crippen LogP contribution is -2.39. The largest absolute Gasteiger partial charge is 0.391 e. The number of hydrogen-bond acceptors (Lipinski definition) is 4. The maximum absolute atomic E-state index is 12.6. The minimum absolute atomic E-state index is 0.0189. The molecule has 1 fully saturated rings. The van der Waals surface area contributed by atoms with Gasteiger partial charge in [0.05, 0.1) is 11.6 Å². The van der Waals surface area contributed by atoms with Gasteiger partial charge in [-0.15, -0.1) is 0 Å². The molecule has 0 spiro atoms. The highest BCUT2D eigenvalue weighted by Gasteiger charge is 2.42. The summed E-state index contributed by atoms with van der Waals surface area (Å²) in [7, 11) is -3.78. The lowest BCUT2D eigenvalue weighted by molar-refractivity contribution is -0.182. The molecule has 1 heterocycles. The molecule has 0 saturated heterocycles. The van der Waals surface area contributed by atoms with Crippen LogP contribution < -0.4 is 4.72 Å². The smallest absolute Gasteiger partial charge is 0.229 e. The van der Waals surface area contributed by atoms with E-state index in [4.69, 9.17) is 11.6 Å². The first kappa shape index (κ1) is 17.0. The summed E-state index contributed by atoms with van der Waals surface area (Å²) in [5.41, 5.74) is 0.293. The van der Waals surface area contributed by atoms with Gasteiger partial charge in [0.25, 0.3) is 10.0 Å². The quantitative estimate of drug-likeness (QED) is 0.895. The molecule has 0 radical (unpaired) electrons. The summed E-state index contributed by atoms with van der Waals surface area (Å²) in [4.78, 5) is 3.83. The molecular weight excluding hydrogens is 349 g/mol. The molecule has 10 heteroatoms. The second-order valence-corrected chi connectivity index (χ2v) is 8.54. The lowest BCUT2D eigenvalue weighted by Gasteiger charge is -2.29. The third-order valence-electron chi connectivity index (χ3n) is 3.48. The Hall–Kier alpha value is -0.380. The maximum atomic E-state index is 12.6. The van der Waals surface area contributed by atoms with Crippen LogP contribution in [0.2, 0.25) is 4.47 Å². The summed E-state index contributed by atoms with van der Waals surface area (Å²) in [6.07, 6.45) is -3.96. The molecule has 0 bridgehead atoms. The number of alkyl halides is 3. The zero-order chi connectivity index (χ0) is 15.8. The highest BCUT2D eigenvalue weighted by Crippen LogP contribution is 2.38. The maximum Gasteiger partial charge on any atom is 0.391 e. The van der Waals surface area contributed by atoms with Crippen LogP contribution in [0.5, 0.6) is 0 Å². The van der Waals surface area contributed by atoms with Crippen LogP contribution in [-0.2, 0) is 10.0 Å². The lowest BCUT2D eigenvalue weighted by atomic mass is 9.86. The van der Waals surface area contributed by atoms with E-state index in [1.807, 2.05) is 0 Å². The van der Waals surface area contributed by atoms with E-state index in [2.05, 4.69) is 9.71 Å². The van der Waals surface area contributed by atoms with E-state index in [0.717, 1.165) is 11.3 Å². The predicted octanol–water partition coefficient (Wildman–Crippen LogP) is 3.50. The van der Waals surface area contributed by atoms with Crippen LogP contribution in [0, 0.1) is 12.8 Å². The fraction of sp³-hybridized carbons (Fsp3) is 0.727. The standard InChI is InChI=1S/C11H14ClF3N2O2S2/c1-6-9(20-10(12)16-6)21(18,19)17-8-4-2-7(3-5-8)11(13,14)15/h7-8,17H,2-5H2,1H3. The second-order valence-electron chi connectivity index (χ2n) is 5.05. The van der Waals surface area contributed by atoms with Gasteiger partial charge in [-0.2, -0.15) is 13.2 Å². The number of aryl methyl sites for hydroxylation is 1. The molecule has 1 aliphatic rings. The average Bonchev–Trinajstić information content (AvgIpc) is 2.68. The van der Waals surface area contributed by atoms with Gasteiger partial charge in [0, 0.05) is 6.04 Å². The zero-order valence-corrected chi connectivity index (χ0v) is 13.5. The molecule has 4 nitrogen and oxygen atoms in total. The van der Waals surface area contributed by atoms with Crippen molar-refractivity contribution in [2.45, 2.75) is 49.0 Å². The first-order valence-electron chi connectivity index (χ1n) is 6.31. The highest BCUT2D eigenvalue weighted by atomic mass is 35.5. The molecule has 0 aliphatic heterocycles. The Balaban J connectivity index is 2.02. The summed E-state index contributed by atoms with van der Waals surface area (Å²) in [5, 5.41) is 0. The van der Waals surface area contributed by atoms with Crippen LogP contribution in [-0.4, -0.2) is 25.6 Å². The van der Waals surface area contributed by atoms with Crippen molar-refractivity contribution in [3.63, 3.8) is 0 Å². The van der Waals surface area contributed by atoms with Crippen molar-refractivity contribution in [3.8, 4) is 0 Å². The Bertz CT molecular complexity index is 607. The van der Waals surface area contributed by atoms with Crippen LogP contribution >= 0.6 is 22.9 Å². The van der Waals surface area contributed by atoms with E-state index in [1.165, 1.54) is 6.92 Å². The number of aromatic nitrogens is 1. The molecule has 1 aliphatic carbocycles. The predicted molar refractivity (Wildman–Crippen MR) is 74.0 cm³/mol. The van der Waals surface area contributed by atoms with Crippen molar-refractivity contribution in [3.05, 3.63) is 10.2 Å². The zero-order valence-electron chi connectivity index (χ0n) is 11.1. The van der Waals surface area contributed by atoms with Gasteiger partial charge in [-0.3, -0.25) is 0 Å². The first-order valence-corrected chi connectivity index (χ1v) is 8.99. The Kier molecular flexibility index (Phi) is 4.87. The van der Waals surface area contributed by atoms with Crippen molar-refractivity contribution in [2.75, 3.05) is 0 Å². The topological polar surface area (TPSA) is 59.1 Å². The van der Waals surface area contributed by atoms with E-state index in [0.29, 0.717) is 5.69 Å². The Morgan fingerprint density at radius 3 is 2.29 bits per heavy atom. The number of rotatable bonds is 3. The molecule has 2 rings (SSSR count). The molecule has 21 heavy (non-hydrogen) atoms. The SMILES string of the molecule is Cc1nc(Cl)sc1S(=O)(=O)NC1CCC(C(F)(F)F)CC1. The molecule has 1 N–H and O–H groups in total. The summed E-state index contributed by atoms with van der Waals surface area (Å²) in [6.45, 7) is 1.53. The second kappa shape index (κ2) is 6.02. The number of sulfonamides is 1. The number of nitrogens with zero attached hydrogens (tertiary/aromatic N) is 1. The van der Waals surface area contributed by atoms with Crippen molar-refractivity contribution < 1.29 is 21.6 Å². The number of halogens is 4. The summed E-state index contributed by atoms with van der Waals surface area (Å²) in [5.74, 6) is -1.34. The Morgan fingerprint density at radius 1 is 1.29 bits per heavy atom. The average molecular weight is 363 g/mol. The van der Waals surface area contributed by atoms with Crippen molar-refractivity contribution >= 4 is 33.0 Å². The fourth-order valence-electron chi connectivity index (χ4n) is 2.41. The van der Waals surface area contributed by atoms with Gasteiger partial charge >= 0.3 is 6.18 Å². The van der Waals surface area contributed by atoms with E-state index >= 15 is 0 Å². The first-order chi connectivity index (χ1) is 9.59. The van der Waals surface area contributed by atoms with E-state index < -0.39 is 28.2 Å².